The third kappa shape index (κ3) is 21.2. The predicted molar refractivity (Wildman–Crippen MR) is 318 cm³/mol. The predicted octanol–water partition coefficient (Wildman–Crippen LogP) is -13.6. The van der Waals surface area contributed by atoms with Crippen molar-refractivity contribution in [3.63, 3.8) is 0 Å². The first-order valence-electron chi connectivity index (χ1n) is 31.8. The lowest BCUT2D eigenvalue weighted by Crippen LogP contribution is -2.70. The van der Waals surface area contributed by atoms with Crippen LogP contribution in [-0.2, 0) is 80.8 Å². The number of ether oxygens (including phenoxy) is 13. The van der Waals surface area contributed by atoms with Gasteiger partial charge in [-0.15, -0.1) is 0 Å². The quantitative estimate of drug-likeness (QED) is 0.0220. The number of rotatable bonds is 32. The first-order valence-corrected chi connectivity index (χ1v) is 31.8. The average molecular weight is 1480 g/mol. The summed E-state index contributed by atoms with van der Waals surface area (Å²) in [7, 11) is 0. The molecule has 0 aromatic rings. The number of carbonyl (C=O) groups is 4. The average Bonchev–Trinajstić information content (AvgIpc) is 0.775. The van der Waals surface area contributed by atoms with E-state index in [4.69, 9.17) is 66.7 Å². The number of aliphatic hydroxyl groups is 23. The molecule has 0 aliphatic carbocycles. The Labute approximate surface area is 573 Å². The van der Waals surface area contributed by atoms with Crippen LogP contribution in [0.25, 0.3) is 0 Å². The molecule has 6 heterocycles. The topological polar surface area (TPSA) is 702 Å². The van der Waals surface area contributed by atoms with Gasteiger partial charge in [0, 0.05) is 66.1 Å². The lowest BCUT2D eigenvalue weighted by molar-refractivity contribution is -0.405. The summed E-state index contributed by atoms with van der Waals surface area (Å²) in [5.74, 6) is -7.83. The number of hydrogen-bond donors (Lipinski definition) is 27. The number of aliphatic hydroxyl groups excluding tert-OH is 22. The van der Waals surface area contributed by atoms with Gasteiger partial charge in [0.1, 0.15) is 140 Å². The minimum absolute atomic E-state index is 0.314. The van der Waals surface area contributed by atoms with Crippen LogP contribution in [0.15, 0.2) is 23.0 Å². The molecule has 27 N–H and O–H groups in total. The Morgan fingerprint density at radius 2 is 1.02 bits per heavy atom. The molecule has 0 saturated carbocycles. The van der Waals surface area contributed by atoms with E-state index in [0.717, 1.165) is 27.7 Å². The van der Waals surface area contributed by atoms with Crippen molar-refractivity contribution >= 4 is 23.6 Å². The molecule has 0 aromatic carbocycles. The van der Waals surface area contributed by atoms with Gasteiger partial charge in [-0.2, -0.15) is 0 Å². The fourth-order valence-electron chi connectivity index (χ4n) is 11.8. The Bertz CT molecular complexity index is 2710. The molecule has 6 aliphatic heterocycles. The molecule has 584 valence electrons. The molecule has 0 aromatic heterocycles. The highest BCUT2D eigenvalue weighted by molar-refractivity contribution is 5.75. The Hall–Kier alpha value is -4.56. The molecule has 44 heteroatoms. The Kier molecular flexibility index (Phi) is 32.2. The maximum atomic E-state index is 12.8. The summed E-state index contributed by atoms with van der Waals surface area (Å²) < 4.78 is 76.1. The van der Waals surface area contributed by atoms with E-state index in [1.165, 1.54) is 6.92 Å². The Balaban J connectivity index is 1.37. The maximum Gasteiger partial charge on any atom is 0.221 e. The van der Waals surface area contributed by atoms with Crippen molar-refractivity contribution in [3.05, 3.63) is 23.0 Å². The fraction of sp³-hybridized carbons (Fsp3) is 0.860. The van der Waals surface area contributed by atoms with E-state index in [1.54, 1.807) is 0 Å². The zero-order valence-corrected chi connectivity index (χ0v) is 55.0. The minimum Gasteiger partial charge on any atom is -0.510 e. The number of carbonyl (C=O) groups excluding carboxylic acids is 4. The van der Waals surface area contributed by atoms with Crippen molar-refractivity contribution in [2.45, 2.75) is 250 Å². The van der Waals surface area contributed by atoms with Crippen LogP contribution in [0.5, 0.6) is 0 Å². The molecule has 101 heavy (non-hydrogen) atoms. The maximum absolute atomic E-state index is 12.8. The van der Waals surface area contributed by atoms with Crippen LogP contribution >= 0.6 is 0 Å². The van der Waals surface area contributed by atoms with Crippen LogP contribution in [0.3, 0.4) is 0 Å². The van der Waals surface area contributed by atoms with Gasteiger partial charge >= 0.3 is 0 Å². The summed E-state index contributed by atoms with van der Waals surface area (Å²) in [4.78, 5) is 49.7. The monoisotopic (exact) mass is 1480 g/mol. The van der Waals surface area contributed by atoms with Crippen LogP contribution in [0.1, 0.15) is 53.9 Å². The van der Waals surface area contributed by atoms with Crippen LogP contribution in [0.2, 0.25) is 0 Å². The number of hydrogen-bond acceptors (Lipinski definition) is 40. The Morgan fingerprint density at radius 1 is 0.515 bits per heavy atom. The third-order valence-corrected chi connectivity index (χ3v) is 17.0. The molecular weight excluding hydrogens is 1380 g/mol. The standard InChI is InChI=1S/C57H96N4O40/c1-17(68)31(58-18(2)69)24(74)8-22(10-63)15-89-51-33(60-20(4)71)40(81)45(29(14-67)95-51)97-53-44(85)46(98-55-48(42(83)37(78)28(13-66)94-55)99-52-32(59-19(3)70)39(80)35(76)26(11-64)92-52)38(79)30(96-53)16-90-54-47(41(82)36(77)27(12-65)93-54)100-56-57(88,61-21(5)72)9-25(49(86)101-56)91-50(87)43(84)34(75)23(73)6-7-62/h17,22-23,25-30,32-33,35-42,44-56,62-68,73-88H,6-16H2,1-5H3,(H,58,69)(H,59,70)(H,60,71)(H,61,72)/b31-24+,43-34-/t17-,22?,23-,25-,26?,27?,28?,29?,30?,32?,33?,35+,36+,37?,38+,39?,40?,41?,42?,44?,45+,46?,47?,48?,49?,50-,51+,52-,53-,54-,55?,56+,57?/m0/s1. The molecule has 6 aliphatic rings. The lowest BCUT2D eigenvalue weighted by Gasteiger charge is -2.50. The highest BCUT2D eigenvalue weighted by Crippen LogP contribution is 2.39. The second kappa shape index (κ2) is 38.1. The van der Waals surface area contributed by atoms with Gasteiger partial charge in [0.05, 0.1) is 51.4 Å². The fourth-order valence-corrected chi connectivity index (χ4v) is 11.8. The van der Waals surface area contributed by atoms with Crippen molar-refractivity contribution < 1.29 is 198 Å². The van der Waals surface area contributed by atoms with Gasteiger partial charge in [0.25, 0.3) is 0 Å². The van der Waals surface area contributed by atoms with E-state index < -0.39 is 315 Å². The molecule has 20 unspecified atom stereocenters. The molecule has 4 amide bonds. The van der Waals surface area contributed by atoms with E-state index in [2.05, 4.69) is 21.3 Å². The van der Waals surface area contributed by atoms with Crippen molar-refractivity contribution in [1.82, 2.24) is 21.3 Å². The van der Waals surface area contributed by atoms with E-state index in [9.17, 15) is 132 Å². The summed E-state index contributed by atoms with van der Waals surface area (Å²) >= 11 is 0. The second-order valence-electron chi connectivity index (χ2n) is 24.8. The number of amides is 4. The molecule has 0 radical (unpaired) electrons. The van der Waals surface area contributed by atoms with Gasteiger partial charge in [0.2, 0.25) is 36.2 Å². The van der Waals surface area contributed by atoms with Crippen molar-refractivity contribution in [2.24, 2.45) is 5.92 Å². The van der Waals surface area contributed by atoms with Crippen LogP contribution in [-0.4, -0.2) is 390 Å². The molecule has 0 spiro atoms. The second-order valence-corrected chi connectivity index (χ2v) is 24.8. The van der Waals surface area contributed by atoms with Crippen LogP contribution in [0.4, 0.5) is 0 Å². The highest BCUT2D eigenvalue weighted by Gasteiger charge is 2.59. The largest absolute Gasteiger partial charge is 0.510 e. The molecule has 6 saturated heterocycles. The van der Waals surface area contributed by atoms with E-state index in [1.807, 2.05) is 0 Å². The van der Waals surface area contributed by atoms with E-state index >= 15 is 0 Å². The molecule has 6 rings (SSSR count). The highest BCUT2D eigenvalue weighted by atomic mass is 16.8. The molecule has 44 nitrogen and oxygen atoms in total. The summed E-state index contributed by atoms with van der Waals surface area (Å²) in [6.45, 7) is -2.36. The summed E-state index contributed by atoms with van der Waals surface area (Å²) in [6, 6.07) is -3.50. The normalized spacial score (nSPS) is 41.0. The van der Waals surface area contributed by atoms with Gasteiger partial charge in [-0.1, -0.05) is 0 Å². The summed E-state index contributed by atoms with van der Waals surface area (Å²) in [5, 5.41) is 260. The number of nitrogens with one attached hydrogen (secondary N) is 4. The van der Waals surface area contributed by atoms with Gasteiger partial charge < -0.3 is 200 Å². The summed E-state index contributed by atoms with van der Waals surface area (Å²) in [5.41, 5.74) is -3.28. The van der Waals surface area contributed by atoms with Gasteiger partial charge in [-0.05, 0) is 6.92 Å². The third-order valence-electron chi connectivity index (χ3n) is 17.0. The van der Waals surface area contributed by atoms with E-state index in [0.29, 0.717) is 0 Å². The molecule has 0 bridgehead atoms. The van der Waals surface area contributed by atoms with Crippen molar-refractivity contribution in [2.75, 3.05) is 52.9 Å². The van der Waals surface area contributed by atoms with Gasteiger partial charge in [-0.3, -0.25) is 19.2 Å². The zero-order chi connectivity index (χ0) is 75.4. The summed E-state index contributed by atoms with van der Waals surface area (Å²) in [6.07, 6.45) is -63.5. The minimum atomic E-state index is -2.96. The van der Waals surface area contributed by atoms with Gasteiger partial charge in [0.15, 0.2) is 55.0 Å². The lowest BCUT2D eigenvalue weighted by atomic mass is 9.94. The van der Waals surface area contributed by atoms with Crippen LogP contribution in [0, 0.1) is 5.92 Å². The first-order chi connectivity index (χ1) is 47.5. The van der Waals surface area contributed by atoms with Crippen LogP contribution < -0.4 is 21.3 Å². The first kappa shape index (κ1) is 85.4. The smallest absolute Gasteiger partial charge is 0.221 e. The molecular formula is C57H96N4O40. The molecule has 33 atom stereocenters. The SMILES string of the molecule is CC(=O)N/C(=C(/O)CC(CO)CO[C@@H]1OC(CO)[C@@H](O[C@@H]2OC(CO[C@H]3OC(CO)[C@@H](O)C(O)C3O[C@@H]3OC(O)[C@@H](O[C@H](O)/C(O)=C(/O)[C@@H](O)CCO)CC3(O)NC(C)=O)[C@@H](O)C(OC3OC(CO)C(O)C(O)C3O[C@@H]3OC(CO)[C@@H](O)C(O)C3NC(C)=O)C2O)C(O)C1NC(C)=O)[C@H](C)O. The Morgan fingerprint density at radius 3 is 1.54 bits per heavy atom. The molecule has 6 fully saturated rings. The zero-order valence-electron chi connectivity index (χ0n) is 55.0. The van der Waals surface area contributed by atoms with Crippen molar-refractivity contribution in [1.29, 1.82) is 0 Å². The van der Waals surface area contributed by atoms with E-state index in [-0.39, 0.29) is 5.70 Å². The van der Waals surface area contributed by atoms with Crippen molar-refractivity contribution in [3.8, 4) is 0 Å². The van der Waals surface area contributed by atoms with Gasteiger partial charge in [-0.25, -0.2) is 0 Å². The number of allylic oxidation sites excluding steroid dienone is 1.